The van der Waals surface area contributed by atoms with Crippen LogP contribution in [0.25, 0.3) is 0 Å². The first-order valence-corrected chi connectivity index (χ1v) is 7.77. The summed E-state index contributed by atoms with van der Waals surface area (Å²) in [7, 11) is 1.61. The summed E-state index contributed by atoms with van der Waals surface area (Å²) in [5.41, 5.74) is 0.968. The van der Waals surface area contributed by atoms with Gasteiger partial charge in [0.1, 0.15) is 11.5 Å². The normalized spacial score (nSPS) is 11.7. The van der Waals surface area contributed by atoms with Crippen LogP contribution in [0.1, 0.15) is 12.5 Å². The van der Waals surface area contributed by atoms with E-state index in [1.807, 2.05) is 24.3 Å². The van der Waals surface area contributed by atoms with E-state index in [0.29, 0.717) is 22.3 Å². The maximum Gasteiger partial charge on any atom is 0.261 e. The molecule has 1 amide bonds. The van der Waals surface area contributed by atoms with Gasteiger partial charge in [-0.05, 0) is 42.8 Å². The Balaban J connectivity index is 1.89. The SMILES string of the molecule is COc1ccc(CNC(=O)C(C)Oc2ccc(Cl)cc2Cl)cc1. The molecule has 0 aliphatic heterocycles. The molecule has 2 rings (SSSR count). The van der Waals surface area contributed by atoms with Crippen LogP contribution in [0, 0.1) is 0 Å². The number of amides is 1. The van der Waals surface area contributed by atoms with Crippen LogP contribution in [0.5, 0.6) is 11.5 Å². The molecule has 0 saturated carbocycles. The first-order chi connectivity index (χ1) is 11.0. The van der Waals surface area contributed by atoms with Gasteiger partial charge in [0.2, 0.25) is 0 Å². The van der Waals surface area contributed by atoms with Gasteiger partial charge in [-0.25, -0.2) is 0 Å². The van der Waals surface area contributed by atoms with E-state index >= 15 is 0 Å². The molecule has 2 aromatic carbocycles. The Morgan fingerprint density at radius 2 is 1.87 bits per heavy atom. The monoisotopic (exact) mass is 353 g/mol. The lowest BCUT2D eigenvalue weighted by atomic mass is 10.2. The van der Waals surface area contributed by atoms with Crippen LogP contribution < -0.4 is 14.8 Å². The molecule has 2 aromatic rings. The minimum absolute atomic E-state index is 0.230. The lowest BCUT2D eigenvalue weighted by molar-refractivity contribution is -0.127. The molecule has 0 bridgehead atoms. The number of rotatable bonds is 6. The van der Waals surface area contributed by atoms with Gasteiger partial charge in [0.25, 0.3) is 5.91 Å². The molecule has 0 spiro atoms. The van der Waals surface area contributed by atoms with Crippen molar-refractivity contribution in [3.8, 4) is 11.5 Å². The molecule has 0 radical (unpaired) electrons. The van der Waals surface area contributed by atoms with Crippen molar-refractivity contribution in [1.82, 2.24) is 5.32 Å². The Morgan fingerprint density at radius 3 is 2.48 bits per heavy atom. The van der Waals surface area contributed by atoms with Crippen molar-refractivity contribution < 1.29 is 14.3 Å². The fraction of sp³-hybridized carbons (Fsp3) is 0.235. The predicted octanol–water partition coefficient (Wildman–Crippen LogP) is 4.09. The smallest absolute Gasteiger partial charge is 0.261 e. The zero-order chi connectivity index (χ0) is 16.8. The minimum Gasteiger partial charge on any atom is -0.497 e. The Labute approximate surface area is 145 Å². The van der Waals surface area contributed by atoms with E-state index in [1.165, 1.54) is 0 Å². The molecule has 1 atom stereocenters. The van der Waals surface area contributed by atoms with Crippen molar-refractivity contribution >= 4 is 29.1 Å². The largest absolute Gasteiger partial charge is 0.497 e. The average Bonchev–Trinajstić information content (AvgIpc) is 2.55. The van der Waals surface area contributed by atoms with Gasteiger partial charge < -0.3 is 14.8 Å². The topological polar surface area (TPSA) is 47.6 Å². The van der Waals surface area contributed by atoms with Crippen molar-refractivity contribution in [1.29, 1.82) is 0 Å². The highest BCUT2D eigenvalue weighted by molar-refractivity contribution is 6.35. The third-order valence-electron chi connectivity index (χ3n) is 3.19. The predicted molar refractivity (Wildman–Crippen MR) is 91.4 cm³/mol. The molecule has 0 aromatic heterocycles. The molecule has 0 aliphatic carbocycles. The highest BCUT2D eigenvalue weighted by Gasteiger charge is 2.16. The van der Waals surface area contributed by atoms with E-state index in [1.54, 1.807) is 32.2 Å². The van der Waals surface area contributed by atoms with Gasteiger partial charge in [0.15, 0.2) is 6.10 Å². The Kier molecular flexibility index (Phi) is 6.13. The summed E-state index contributed by atoms with van der Waals surface area (Å²) in [6, 6.07) is 12.3. The molecule has 4 nitrogen and oxygen atoms in total. The second kappa shape index (κ2) is 8.09. The number of hydrogen-bond donors (Lipinski definition) is 1. The zero-order valence-electron chi connectivity index (χ0n) is 12.8. The summed E-state index contributed by atoms with van der Waals surface area (Å²) in [6.45, 7) is 2.07. The quantitative estimate of drug-likeness (QED) is 0.850. The number of ether oxygens (including phenoxy) is 2. The van der Waals surface area contributed by atoms with Crippen molar-refractivity contribution in [3.05, 3.63) is 58.1 Å². The standard InChI is InChI=1S/C17H17Cl2NO3/c1-11(23-16-8-5-13(18)9-15(16)19)17(21)20-10-12-3-6-14(22-2)7-4-12/h3-9,11H,10H2,1-2H3,(H,20,21). The van der Waals surface area contributed by atoms with E-state index in [-0.39, 0.29) is 5.91 Å². The zero-order valence-corrected chi connectivity index (χ0v) is 14.3. The fourth-order valence-electron chi connectivity index (χ4n) is 1.89. The maximum atomic E-state index is 12.1. The number of benzene rings is 2. The molecule has 122 valence electrons. The van der Waals surface area contributed by atoms with Gasteiger partial charge in [-0.2, -0.15) is 0 Å². The molecule has 0 heterocycles. The fourth-order valence-corrected chi connectivity index (χ4v) is 2.34. The molecule has 0 saturated heterocycles. The molecule has 0 aliphatic rings. The van der Waals surface area contributed by atoms with Crippen molar-refractivity contribution in [3.63, 3.8) is 0 Å². The summed E-state index contributed by atoms with van der Waals surface area (Å²) < 4.78 is 10.7. The van der Waals surface area contributed by atoms with Gasteiger partial charge in [-0.3, -0.25) is 4.79 Å². The van der Waals surface area contributed by atoms with Crippen LogP contribution in [0.3, 0.4) is 0 Å². The Bertz CT molecular complexity index is 674. The highest BCUT2D eigenvalue weighted by atomic mass is 35.5. The first kappa shape index (κ1) is 17.4. The highest BCUT2D eigenvalue weighted by Crippen LogP contribution is 2.28. The Hall–Kier alpha value is -1.91. The molecule has 1 unspecified atom stereocenters. The molecule has 0 fully saturated rings. The van der Waals surface area contributed by atoms with Crippen LogP contribution in [0.2, 0.25) is 10.0 Å². The van der Waals surface area contributed by atoms with Gasteiger partial charge in [-0.15, -0.1) is 0 Å². The number of carbonyl (C=O) groups is 1. The Morgan fingerprint density at radius 1 is 1.17 bits per heavy atom. The van der Waals surface area contributed by atoms with Crippen LogP contribution in [0.15, 0.2) is 42.5 Å². The number of methoxy groups -OCH3 is 1. The second-order valence-corrected chi connectivity index (χ2v) is 5.74. The third-order valence-corrected chi connectivity index (χ3v) is 3.72. The van der Waals surface area contributed by atoms with E-state index < -0.39 is 6.10 Å². The lowest BCUT2D eigenvalue weighted by Gasteiger charge is -2.16. The molecule has 1 N–H and O–H groups in total. The molecular weight excluding hydrogens is 337 g/mol. The van der Waals surface area contributed by atoms with Crippen LogP contribution in [-0.4, -0.2) is 19.1 Å². The maximum absolute atomic E-state index is 12.1. The van der Waals surface area contributed by atoms with E-state index in [0.717, 1.165) is 11.3 Å². The van der Waals surface area contributed by atoms with Gasteiger partial charge >= 0.3 is 0 Å². The van der Waals surface area contributed by atoms with Crippen molar-refractivity contribution in [2.45, 2.75) is 19.6 Å². The summed E-state index contributed by atoms with van der Waals surface area (Å²) >= 11 is 11.9. The van der Waals surface area contributed by atoms with E-state index in [9.17, 15) is 4.79 Å². The van der Waals surface area contributed by atoms with E-state index in [2.05, 4.69) is 5.32 Å². The summed E-state index contributed by atoms with van der Waals surface area (Å²) in [6.07, 6.45) is -0.674. The van der Waals surface area contributed by atoms with E-state index in [4.69, 9.17) is 32.7 Å². The van der Waals surface area contributed by atoms with Crippen LogP contribution in [0.4, 0.5) is 0 Å². The third kappa shape index (κ3) is 5.05. The number of hydrogen-bond acceptors (Lipinski definition) is 3. The first-order valence-electron chi connectivity index (χ1n) is 7.02. The van der Waals surface area contributed by atoms with Gasteiger partial charge in [0.05, 0.1) is 12.1 Å². The van der Waals surface area contributed by atoms with Gasteiger partial charge in [-0.1, -0.05) is 35.3 Å². The van der Waals surface area contributed by atoms with Gasteiger partial charge in [0, 0.05) is 11.6 Å². The molecule has 23 heavy (non-hydrogen) atoms. The van der Waals surface area contributed by atoms with Crippen LogP contribution in [-0.2, 0) is 11.3 Å². The summed E-state index contributed by atoms with van der Waals surface area (Å²) in [4.78, 5) is 12.1. The molecular formula is C17H17Cl2NO3. The minimum atomic E-state index is -0.674. The molecule has 6 heteroatoms. The number of halogens is 2. The summed E-state index contributed by atoms with van der Waals surface area (Å²) in [5.74, 6) is 0.962. The van der Waals surface area contributed by atoms with Crippen molar-refractivity contribution in [2.75, 3.05) is 7.11 Å². The van der Waals surface area contributed by atoms with Crippen molar-refractivity contribution in [2.24, 2.45) is 0 Å². The average molecular weight is 354 g/mol. The lowest BCUT2D eigenvalue weighted by Crippen LogP contribution is -2.35. The second-order valence-electron chi connectivity index (χ2n) is 4.90. The number of nitrogens with one attached hydrogen (secondary N) is 1. The summed E-state index contributed by atoms with van der Waals surface area (Å²) in [5, 5.41) is 3.69. The van der Waals surface area contributed by atoms with Crippen LogP contribution >= 0.6 is 23.2 Å². The number of carbonyl (C=O) groups excluding carboxylic acids is 1.